The van der Waals surface area contributed by atoms with E-state index in [1.165, 1.54) is 0 Å². The van der Waals surface area contributed by atoms with Crippen LogP contribution in [0.4, 0.5) is 5.69 Å². The maximum absolute atomic E-state index is 12.4. The smallest absolute Gasteiger partial charge is 0.251 e. The monoisotopic (exact) mass is 360 g/mol. The molecule has 4 heteroatoms. The van der Waals surface area contributed by atoms with Crippen LogP contribution < -0.4 is 15.0 Å². The van der Waals surface area contributed by atoms with E-state index in [1.807, 2.05) is 67.7 Å². The molecule has 0 atom stereocenters. The molecule has 0 saturated heterocycles. The minimum absolute atomic E-state index is 0.0957. The average molecular weight is 360 g/mol. The van der Waals surface area contributed by atoms with Gasteiger partial charge in [0.2, 0.25) is 0 Å². The number of nitrogens with one attached hydrogen (secondary N) is 1. The van der Waals surface area contributed by atoms with E-state index in [4.69, 9.17) is 4.74 Å². The van der Waals surface area contributed by atoms with Crippen LogP contribution in [-0.2, 0) is 6.61 Å². The van der Waals surface area contributed by atoms with Crippen molar-refractivity contribution in [2.75, 3.05) is 25.0 Å². The molecule has 27 heavy (non-hydrogen) atoms. The molecule has 1 amide bonds. The molecule has 1 N–H and O–H groups in total. The van der Waals surface area contributed by atoms with Gasteiger partial charge in [0.1, 0.15) is 12.4 Å². The number of hydrogen-bond donors (Lipinski definition) is 1. The van der Waals surface area contributed by atoms with Crippen LogP contribution in [0.1, 0.15) is 15.9 Å². The fraction of sp³-hybridized carbons (Fsp3) is 0.174. The number of likely N-dealkylation sites (N-methyl/N-ethyl adjacent to an activating group) is 1. The molecule has 0 radical (unpaired) electrons. The van der Waals surface area contributed by atoms with Crippen molar-refractivity contribution >= 4 is 11.6 Å². The molecule has 0 aliphatic rings. The topological polar surface area (TPSA) is 41.6 Å². The van der Waals surface area contributed by atoms with Crippen molar-refractivity contribution in [3.8, 4) is 5.75 Å². The molecular formula is C23H24N2O2. The highest BCUT2D eigenvalue weighted by molar-refractivity contribution is 5.94. The summed E-state index contributed by atoms with van der Waals surface area (Å²) in [5.74, 6) is 0.592. The number of carbonyl (C=O) groups is 1. The first kappa shape index (κ1) is 18.5. The van der Waals surface area contributed by atoms with E-state index in [0.717, 1.165) is 17.8 Å². The molecule has 138 valence electrons. The predicted octanol–water partition coefficient (Wildman–Crippen LogP) is 4.13. The summed E-state index contributed by atoms with van der Waals surface area (Å²) in [5.41, 5.74) is 2.82. The zero-order valence-electron chi connectivity index (χ0n) is 15.5. The molecule has 0 heterocycles. The number of hydrogen-bond acceptors (Lipinski definition) is 3. The van der Waals surface area contributed by atoms with Crippen LogP contribution in [0.2, 0.25) is 0 Å². The Hall–Kier alpha value is -3.27. The molecule has 0 spiro atoms. The molecule has 0 bridgehead atoms. The van der Waals surface area contributed by atoms with Gasteiger partial charge in [0.25, 0.3) is 5.91 Å². The van der Waals surface area contributed by atoms with E-state index in [2.05, 4.69) is 22.3 Å². The maximum atomic E-state index is 12.4. The third kappa shape index (κ3) is 5.61. The van der Waals surface area contributed by atoms with Crippen LogP contribution >= 0.6 is 0 Å². The summed E-state index contributed by atoms with van der Waals surface area (Å²) in [4.78, 5) is 14.5. The van der Waals surface area contributed by atoms with Gasteiger partial charge in [0.15, 0.2) is 0 Å². The Kier molecular flexibility index (Phi) is 6.47. The molecule has 0 aromatic heterocycles. The van der Waals surface area contributed by atoms with E-state index in [9.17, 15) is 4.79 Å². The van der Waals surface area contributed by atoms with E-state index in [1.54, 1.807) is 12.1 Å². The van der Waals surface area contributed by atoms with Crippen molar-refractivity contribution < 1.29 is 9.53 Å². The standard InChI is InChI=1S/C23H24N2O2/c1-25(21-12-6-3-7-13-21)16-15-24-23(26)20-11-8-14-22(17-20)27-18-19-9-4-2-5-10-19/h2-14,17H,15-16,18H2,1H3,(H,24,26). The second kappa shape index (κ2) is 9.43. The Morgan fingerprint density at radius 1 is 0.926 bits per heavy atom. The Balaban J connectivity index is 1.49. The number of ether oxygens (including phenoxy) is 1. The number of rotatable bonds is 8. The van der Waals surface area contributed by atoms with Gasteiger partial charge < -0.3 is 15.0 Å². The second-order valence-corrected chi connectivity index (χ2v) is 6.32. The average Bonchev–Trinajstić information content (AvgIpc) is 2.73. The van der Waals surface area contributed by atoms with E-state index in [-0.39, 0.29) is 5.91 Å². The normalized spacial score (nSPS) is 10.3. The van der Waals surface area contributed by atoms with Gasteiger partial charge in [-0.1, -0.05) is 54.6 Å². The number of nitrogens with zero attached hydrogens (tertiary/aromatic N) is 1. The quantitative estimate of drug-likeness (QED) is 0.657. The molecule has 3 rings (SSSR count). The maximum Gasteiger partial charge on any atom is 0.251 e. The minimum Gasteiger partial charge on any atom is -0.489 e. The van der Waals surface area contributed by atoms with E-state index >= 15 is 0 Å². The minimum atomic E-state index is -0.0957. The van der Waals surface area contributed by atoms with Crippen molar-refractivity contribution in [1.82, 2.24) is 5.32 Å². The Morgan fingerprint density at radius 2 is 1.63 bits per heavy atom. The van der Waals surface area contributed by atoms with Crippen LogP contribution in [0.3, 0.4) is 0 Å². The van der Waals surface area contributed by atoms with E-state index < -0.39 is 0 Å². The number of amides is 1. The Bertz CT molecular complexity index is 851. The lowest BCUT2D eigenvalue weighted by molar-refractivity contribution is 0.0954. The van der Waals surface area contributed by atoms with Crippen LogP contribution in [0.5, 0.6) is 5.75 Å². The van der Waals surface area contributed by atoms with Crippen molar-refractivity contribution in [3.05, 3.63) is 96.1 Å². The molecule has 0 unspecified atom stereocenters. The first-order valence-corrected chi connectivity index (χ1v) is 9.03. The molecule has 0 aliphatic carbocycles. The lowest BCUT2D eigenvalue weighted by atomic mass is 10.2. The van der Waals surface area contributed by atoms with Gasteiger partial charge >= 0.3 is 0 Å². The summed E-state index contributed by atoms with van der Waals surface area (Å²) < 4.78 is 5.80. The summed E-state index contributed by atoms with van der Waals surface area (Å²) in [6.45, 7) is 1.78. The summed E-state index contributed by atoms with van der Waals surface area (Å²) in [7, 11) is 2.01. The third-order valence-electron chi connectivity index (χ3n) is 4.27. The number of carbonyl (C=O) groups excluding carboxylic acids is 1. The van der Waals surface area contributed by atoms with Gasteiger partial charge in [-0.05, 0) is 35.9 Å². The fourth-order valence-corrected chi connectivity index (χ4v) is 2.72. The van der Waals surface area contributed by atoms with E-state index in [0.29, 0.717) is 24.5 Å². The zero-order valence-corrected chi connectivity index (χ0v) is 15.5. The van der Waals surface area contributed by atoms with Crippen LogP contribution in [0.25, 0.3) is 0 Å². The molecule has 3 aromatic rings. The summed E-state index contributed by atoms with van der Waals surface area (Å²) in [5, 5.41) is 2.96. The van der Waals surface area contributed by atoms with Gasteiger partial charge in [-0.3, -0.25) is 4.79 Å². The molecule has 3 aromatic carbocycles. The summed E-state index contributed by atoms with van der Waals surface area (Å²) in [6.07, 6.45) is 0. The first-order valence-electron chi connectivity index (χ1n) is 9.03. The van der Waals surface area contributed by atoms with Gasteiger partial charge in [-0.25, -0.2) is 0 Å². The van der Waals surface area contributed by atoms with Gasteiger partial charge in [-0.2, -0.15) is 0 Å². The zero-order chi connectivity index (χ0) is 18.9. The highest BCUT2D eigenvalue weighted by Crippen LogP contribution is 2.15. The SMILES string of the molecule is CN(CCNC(=O)c1cccc(OCc2ccccc2)c1)c1ccccc1. The highest BCUT2D eigenvalue weighted by atomic mass is 16.5. The lowest BCUT2D eigenvalue weighted by Gasteiger charge is -2.19. The Labute approximate surface area is 160 Å². The summed E-state index contributed by atoms with van der Waals surface area (Å²) in [6, 6.07) is 27.3. The van der Waals surface area contributed by atoms with Crippen molar-refractivity contribution in [2.24, 2.45) is 0 Å². The molecule has 0 fully saturated rings. The third-order valence-corrected chi connectivity index (χ3v) is 4.27. The fourth-order valence-electron chi connectivity index (χ4n) is 2.72. The number of benzene rings is 3. The number of para-hydroxylation sites is 1. The second-order valence-electron chi connectivity index (χ2n) is 6.32. The Morgan fingerprint density at radius 3 is 2.37 bits per heavy atom. The number of anilines is 1. The van der Waals surface area contributed by atoms with Crippen LogP contribution in [-0.4, -0.2) is 26.0 Å². The highest BCUT2D eigenvalue weighted by Gasteiger charge is 2.07. The predicted molar refractivity (Wildman–Crippen MR) is 109 cm³/mol. The summed E-state index contributed by atoms with van der Waals surface area (Å²) >= 11 is 0. The van der Waals surface area contributed by atoms with Gasteiger partial charge in [-0.15, -0.1) is 0 Å². The molecular weight excluding hydrogens is 336 g/mol. The van der Waals surface area contributed by atoms with Crippen LogP contribution in [0, 0.1) is 0 Å². The molecule has 0 saturated carbocycles. The van der Waals surface area contributed by atoms with Gasteiger partial charge in [0.05, 0.1) is 0 Å². The molecule has 0 aliphatic heterocycles. The van der Waals surface area contributed by atoms with Crippen molar-refractivity contribution in [2.45, 2.75) is 6.61 Å². The first-order chi connectivity index (χ1) is 13.2. The van der Waals surface area contributed by atoms with Crippen molar-refractivity contribution in [1.29, 1.82) is 0 Å². The van der Waals surface area contributed by atoms with Gasteiger partial charge in [0, 0.05) is 31.4 Å². The largest absolute Gasteiger partial charge is 0.489 e. The van der Waals surface area contributed by atoms with Crippen molar-refractivity contribution in [3.63, 3.8) is 0 Å². The molecule has 4 nitrogen and oxygen atoms in total. The van der Waals surface area contributed by atoms with Crippen LogP contribution in [0.15, 0.2) is 84.9 Å². The lowest BCUT2D eigenvalue weighted by Crippen LogP contribution is -2.32.